The van der Waals surface area contributed by atoms with E-state index in [4.69, 9.17) is 0 Å². The number of aliphatic hydroxyl groups is 1. The quantitative estimate of drug-likeness (QED) is 0.643. The lowest BCUT2D eigenvalue weighted by Gasteiger charge is -2.50. The number of benzene rings is 1. The Hall–Kier alpha value is -0.290. The largest absolute Gasteiger partial charge is 0.507 e. The Morgan fingerprint density at radius 1 is 1.19 bits per heavy atom. The van der Waals surface area contributed by atoms with Gasteiger partial charge in [0.25, 0.3) is 0 Å². The minimum absolute atomic E-state index is 0.0928. The van der Waals surface area contributed by atoms with Gasteiger partial charge in [-0.1, -0.05) is 13.0 Å². The summed E-state index contributed by atoms with van der Waals surface area (Å²) in [6.07, 6.45) is 6.76. The first kappa shape index (κ1) is 14.3. The minimum atomic E-state index is -0.0928. The van der Waals surface area contributed by atoms with Crippen LogP contribution in [0.5, 0.6) is 5.75 Å². The number of aromatic hydroxyl groups is 1. The summed E-state index contributed by atoms with van der Waals surface area (Å²) >= 11 is 2.30. The molecule has 114 valence electrons. The van der Waals surface area contributed by atoms with E-state index in [2.05, 4.69) is 35.6 Å². The van der Waals surface area contributed by atoms with Crippen molar-refractivity contribution in [1.29, 1.82) is 0 Å². The predicted molar refractivity (Wildman–Crippen MR) is 91.4 cm³/mol. The highest BCUT2D eigenvalue weighted by Gasteiger charge is 2.54. The molecule has 2 saturated carbocycles. The van der Waals surface area contributed by atoms with Crippen molar-refractivity contribution in [3.63, 3.8) is 0 Å². The molecule has 1 aromatic carbocycles. The Balaban J connectivity index is 1.74. The number of hydrogen-bond donors (Lipinski definition) is 2. The molecule has 4 rings (SSSR count). The fourth-order valence-corrected chi connectivity index (χ4v) is 6.35. The maximum Gasteiger partial charge on any atom is 0.129 e. The zero-order valence-electron chi connectivity index (χ0n) is 12.5. The number of aliphatic hydroxyl groups excluding tert-OH is 1. The first-order valence-corrected chi connectivity index (χ1v) is 9.28. The smallest absolute Gasteiger partial charge is 0.129 e. The molecule has 2 fully saturated rings. The lowest BCUT2D eigenvalue weighted by molar-refractivity contribution is -0.0226. The summed E-state index contributed by atoms with van der Waals surface area (Å²) < 4.78 is 1.06. The molecule has 3 heteroatoms. The Bertz CT molecular complexity index is 585. The number of hydrogen-bond acceptors (Lipinski definition) is 2. The van der Waals surface area contributed by atoms with Crippen LogP contribution < -0.4 is 0 Å². The molecule has 3 aliphatic carbocycles. The molecule has 0 aromatic heterocycles. The molecule has 0 amide bonds. The van der Waals surface area contributed by atoms with Crippen molar-refractivity contribution in [3.05, 3.63) is 26.8 Å². The predicted octanol–water partition coefficient (Wildman–Crippen LogP) is 4.21. The van der Waals surface area contributed by atoms with Crippen molar-refractivity contribution in [2.45, 2.75) is 57.5 Å². The first-order chi connectivity index (χ1) is 10.0. The van der Waals surface area contributed by atoms with Crippen LogP contribution in [0.4, 0.5) is 0 Å². The van der Waals surface area contributed by atoms with Gasteiger partial charge in [0.05, 0.1) is 9.67 Å². The van der Waals surface area contributed by atoms with Crippen LogP contribution in [-0.2, 0) is 6.42 Å². The number of phenols is 1. The van der Waals surface area contributed by atoms with Crippen LogP contribution >= 0.6 is 22.6 Å². The molecule has 0 aliphatic heterocycles. The van der Waals surface area contributed by atoms with Gasteiger partial charge in [-0.15, -0.1) is 0 Å². The van der Waals surface area contributed by atoms with Crippen LogP contribution in [0.15, 0.2) is 12.1 Å². The summed E-state index contributed by atoms with van der Waals surface area (Å²) in [7, 11) is 0. The maximum absolute atomic E-state index is 10.4. The molecular weight excluding hydrogens is 375 g/mol. The zero-order valence-corrected chi connectivity index (χ0v) is 14.6. The number of rotatable bonds is 0. The fraction of sp³-hybridized carbons (Fsp3) is 0.667. The molecule has 2 nitrogen and oxygen atoms in total. The third-order valence-electron chi connectivity index (χ3n) is 6.77. The minimum Gasteiger partial charge on any atom is -0.507 e. The van der Waals surface area contributed by atoms with Gasteiger partial charge in [-0.3, -0.25) is 0 Å². The molecule has 1 aromatic rings. The Labute approximate surface area is 140 Å². The molecule has 5 atom stereocenters. The summed E-state index contributed by atoms with van der Waals surface area (Å²) in [5.41, 5.74) is 3.03. The van der Waals surface area contributed by atoms with E-state index in [-0.39, 0.29) is 11.5 Å². The number of fused-ring (bicyclic) bond motifs is 5. The van der Waals surface area contributed by atoms with Gasteiger partial charge < -0.3 is 10.2 Å². The van der Waals surface area contributed by atoms with E-state index >= 15 is 0 Å². The first-order valence-electron chi connectivity index (χ1n) is 8.20. The van der Waals surface area contributed by atoms with Crippen molar-refractivity contribution < 1.29 is 10.2 Å². The zero-order chi connectivity index (χ0) is 14.8. The molecule has 0 spiro atoms. The summed E-state index contributed by atoms with van der Waals surface area (Å²) in [6.45, 7) is 2.32. The average Bonchev–Trinajstić information content (AvgIpc) is 2.78. The molecule has 0 bridgehead atoms. The number of halogens is 1. The van der Waals surface area contributed by atoms with E-state index in [0.29, 0.717) is 17.6 Å². The molecule has 0 unspecified atom stereocenters. The molecule has 0 heterocycles. The van der Waals surface area contributed by atoms with Gasteiger partial charge in [0, 0.05) is 0 Å². The van der Waals surface area contributed by atoms with E-state index in [9.17, 15) is 10.2 Å². The van der Waals surface area contributed by atoms with Crippen LogP contribution in [0.2, 0.25) is 0 Å². The van der Waals surface area contributed by atoms with Gasteiger partial charge in [0.1, 0.15) is 5.75 Å². The maximum atomic E-state index is 10.4. The average molecular weight is 398 g/mol. The van der Waals surface area contributed by atoms with E-state index in [0.717, 1.165) is 28.8 Å². The van der Waals surface area contributed by atoms with E-state index in [1.54, 1.807) is 0 Å². The van der Waals surface area contributed by atoms with Crippen LogP contribution in [-0.4, -0.2) is 16.3 Å². The number of phenolic OH excluding ortho intramolecular Hbond substituents is 1. The fourth-order valence-electron chi connectivity index (χ4n) is 5.58. The topological polar surface area (TPSA) is 40.5 Å². The van der Waals surface area contributed by atoms with Gasteiger partial charge in [0.15, 0.2) is 0 Å². The van der Waals surface area contributed by atoms with Crippen molar-refractivity contribution in [1.82, 2.24) is 0 Å². The summed E-state index contributed by atoms with van der Waals surface area (Å²) in [5.74, 6) is 2.50. The Morgan fingerprint density at radius 3 is 2.81 bits per heavy atom. The highest BCUT2D eigenvalue weighted by Crippen LogP contribution is 2.61. The van der Waals surface area contributed by atoms with Crippen LogP contribution in [0.25, 0.3) is 0 Å². The second-order valence-electron chi connectivity index (χ2n) is 7.52. The summed E-state index contributed by atoms with van der Waals surface area (Å²) in [6, 6.07) is 4.04. The normalized spacial score (nSPS) is 41.3. The molecule has 2 N–H and O–H groups in total. The third kappa shape index (κ3) is 1.92. The van der Waals surface area contributed by atoms with Gasteiger partial charge in [-0.05, 0) is 101 Å². The molecule has 0 saturated heterocycles. The standard InChI is InChI=1S/C18H23IO2/c1-18-9-8-11-10-4-6-15(20)17(19)13(10)3-2-12(11)14(18)5-7-16(18)21/h4,6,11-12,14,16,20-21H,2-3,5,7-9H2,1H3/t11-,12-,14+,16-,18+/m1/s1. The summed E-state index contributed by atoms with van der Waals surface area (Å²) in [5, 5.41) is 20.4. The molecular formula is C18H23IO2. The second kappa shape index (κ2) is 4.85. The van der Waals surface area contributed by atoms with Crippen LogP contribution in [0.3, 0.4) is 0 Å². The molecule has 0 radical (unpaired) electrons. The molecule has 21 heavy (non-hydrogen) atoms. The van der Waals surface area contributed by atoms with Gasteiger partial charge in [-0.25, -0.2) is 0 Å². The SMILES string of the molecule is C[C@]12CC[C@@H]3c4ccc(O)c(I)c4CC[C@H]3[C@@H]1CC[C@H]2O. The van der Waals surface area contributed by atoms with Gasteiger partial charge in [0.2, 0.25) is 0 Å². The van der Waals surface area contributed by atoms with Crippen LogP contribution in [0, 0.1) is 20.8 Å². The van der Waals surface area contributed by atoms with E-state index in [1.165, 1.54) is 30.4 Å². The Morgan fingerprint density at radius 2 is 2.00 bits per heavy atom. The van der Waals surface area contributed by atoms with Crippen molar-refractivity contribution in [3.8, 4) is 5.75 Å². The van der Waals surface area contributed by atoms with Crippen molar-refractivity contribution in [2.75, 3.05) is 0 Å². The van der Waals surface area contributed by atoms with Crippen molar-refractivity contribution in [2.24, 2.45) is 17.3 Å². The van der Waals surface area contributed by atoms with E-state index in [1.807, 2.05) is 6.07 Å². The van der Waals surface area contributed by atoms with Crippen LogP contribution in [0.1, 0.15) is 56.1 Å². The highest BCUT2D eigenvalue weighted by molar-refractivity contribution is 14.1. The third-order valence-corrected chi connectivity index (χ3v) is 7.98. The monoisotopic (exact) mass is 398 g/mol. The Kier molecular flexibility index (Phi) is 3.31. The highest BCUT2D eigenvalue weighted by atomic mass is 127. The summed E-state index contributed by atoms with van der Waals surface area (Å²) in [4.78, 5) is 0. The van der Waals surface area contributed by atoms with Gasteiger partial charge in [-0.2, -0.15) is 0 Å². The second-order valence-corrected chi connectivity index (χ2v) is 8.60. The lowest BCUT2D eigenvalue weighted by atomic mass is 9.55. The lowest BCUT2D eigenvalue weighted by Crippen LogP contribution is -2.44. The molecule has 3 aliphatic rings. The van der Waals surface area contributed by atoms with Gasteiger partial charge >= 0.3 is 0 Å². The van der Waals surface area contributed by atoms with E-state index < -0.39 is 0 Å². The van der Waals surface area contributed by atoms with Crippen molar-refractivity contribution >= 4 is 22.6 Å².